The van der Waals surface area contributed by atoms with Gasteiger partial charge in [-0.1, -0.05) is 6.07 Å². The molecule has 1 aliphatic rings. The van der Waals surface area contributed by atoms with Crippen molar-refractivity contribution in [2.24, 2.45) is 5.92 Å². The molecule has 3 rings (SSSR count). The summed E-state index contributed by atoms with van der Waals surface area (Å²) in [7, 11) is 0. The number of likely N-dealkylation sites (tertiary alicyclic amines) is 1. The summed E-state index contributed by atoms with van der Waals surface area (Å²) in [5.41, 5.74) is 1.92. The molecule has 0 bridgehead atoms. The van der Waals surface area contributed by atoms with Crippen LogP contribution in [0, 0.1) is 5.92 Å². The van der Waals surface area contributed by atoms with Crippen LogP contribution in [-0.2, 0) is 16.1 Å². The van der Waals surface area contributed by atoms with Gasteiger partial charge in [0.25, 0.3) is 0 Å². The molecule has 6 nitrogen and oxygen atoms in total. The second-order valence-electron chi connectivity index (χ2n) is 4.81. The van der Waals surface area contributed by atoms with Gasteiger partial charge < -0.3 is 10.0 Å². The number of hydrogen-bond donors (Lipinski definition) is 2. The molecule has 6 heteroatoms. The number of carboxylic acids is 1. The first-order valence-electron chi connectivity index (χ1n) is 6.06. The number of amides is 1. The van der Waals surface area contributed by atoms with Crippen LogP contribution in [0.3, 0.4) is 0 Å². The van der Waals surface area contributed by atoms with Crippen molar-refractivity contribution in [2.45, 2.75) is 13.0 Å². The fourth-order valence-electron chi connectivity index (χ4n) is 2.40. The minimum absolute atomic E-state index is 0.0975. The quantitative estimate of drug-likeness (QED) is 0.860. The van der Waals surface area contributed by atoms with E-state index in [9.17, 15) is 9.59 Å². The summed E-state index contributed by atoms with van der Waals surface area (Å²) in [5.74, 6) is -1.58. The van der Waals surface area contributed by atoms with E-state index in [0.29, 0.717) is 6.54 Å². The minimum atomic E-state index is -0.902. The van der Waals surface area contributed by atoms with E-state index in [1.165, 1.54) is 0 Å². The fraction of sp³-hybridized carbons (Fsp3) is 0.308. The second kappa shape index (κ2) is 4.38. The Morgan fingerprint density at radius 2 is 2.37 bits per heavy atom. The third kappa shape index (κ3) is 2.16. The molecule has 98 valence electrons. The Kier molecular flexibility index (Phi) is 2.70. The number of nitrogens with zero attached hydrogens (tertiary/aromatic N) is 2. The topological polar surface area (TPSA) is 86.3 Å². The number of hydrogen-bond acceptors (Lipinski definition) is 3. The summed E-state index contributed by atoms with van der Waals surface area (Å²) < 4.78 is 0. The molecule has 0 aliphatic carbocycles. The first-order valence-corrected chi connectivity index (χ1v) is 6.06. The van der Waals surface area contributed by atoms with E-state index in [1.807, 2.05) is 18.2 Å². The Labute approximate surface area is 109 Å². The highest BCUT2D eigenvalue weighted by atomic mass is 16.4. The lowest BCUT2D eigenvalue weighted by molar-refractivity contribution is -0.141. The van der Waals surface area contributed by atoms with Crippen molar-refractivity contribution in [3.05, 3.63) is 30.0 Å². The van der Waals surface area contributed by atoms with Crippen molar-refractivity contribution in [1.29, 1.82) is 0 Å². The van der Waals surface area contributed by atoms with E-state index in [0.717, 1.165) is 16.5 Å². The van der Waals surface area contributed by atoms with Gasteiger partial charge in [-0.3, -0.25) is 14.7 Å². The Balaban J connectivity index is 1.77. The smallest absolute Gasteiger partial charge is 0.308 e. The van der Waals surface area contributed by atoms with Gasteiger partial charge in [0.15, 0.2) is 0 Å². The number of aliphatic carboxylic acids is 1. The number of aromatic nitrogens is 2. The maximum absolute atomic E-state index is 11.8. The van der Waals surface area contributed by atoms with Crippen LogP contribution in [-0.4, -0.2) is 38.6 Å². The van der Waals surface area contributed by atoms with Gasteiger partial charge in [-0.25, -0.2) is 0 Å². The molecule has 1 aromatic carbocycles. The third-order valence-electron chi connectivity index (χ3n) is 3.44. The SMILES string of the molecule is O=C(O)C1CC(=O)N(Cc2ccc3[nH]ncc3c2)C1. The third-order valence-corrected chi connectivity index (χ3v) is 3.44. The Hall–Kier alpha value is -2.37. The Morgan fingerprint density at radius 1 is 1.53 bits per heavy atom. The highest BCUT2D eigenvalue weighted by Gasteiger charge is 2.33. The summed E-state index contributed by atoms with van der Waals surface area (Å²) in [4.78, 5) is 24.2. The largest absolute Gasteiger partial charge is 0.481 e. The summed E-state index contributed by atoms with van der Waals surface area (Å²) in [6, 6.07) is 5.79. The highest BCUT2D eigenvalue weighted by molar-refractivity contribution is 5.86. The van der Waals surface area contributed by atoms with Crippen molar-refractivity contribution < 1.29 is 14.7 Å². The van der Waals surface area contributed by atoms with Crippen LogP contribution in [0.25, 0.3) is 10.9 Å². The molecule has 2 heterocycles. The van der Waals surface area contributed by atoms with Gasteiger partial charge in [0.1, 0.15) is 0 Å². The molecule has 1 amide bonds. The van der Waals surface area contributed by atoms with Crippen LogP contribution in [0.5, 0.6) is 0 Å². The number of aromatic amines is 1. The van der Waals surface area contributed by atoms with Crippen LogP contribution in [0.4, 0.5) is 0 Å². The van der Waals surface area contributed by atoms with Crippen LogP contribution >= 0.6 is 0 Å². The predicted octanol–water partition coefficient (Wildman–Crippen LogP) is 0.996. The molecule has 1 atom stereocenters. The summed E-state index contributed by atoms with van der Waals surface area (Å²) in [6.45, 7) is 0.737. The molecule has 0 saturated carbocycles. The molecule has 2 aromatic rings. The lowest BCUT2D eigenvalue weighted by Gasteiger charge is -2.16. The van der Waals surface area contributed by atoms with Crippen LogP contribution in [0.15, 0.2) is 24.4 Å². The number of rotatable bonds is 3. The Bertz CT molecular complexity index is 649. The maximum Gasteiger partial charge on any atom is 0.308 e. The van der Waals surface area contributed by atoms with E-state index >= 15 is 0 Å². The molecule has 1 saturated heterocycles. The fourth-order valence-corrected chi connectivity index (χ4v) is 2.40. The summed E-state index contributed by atoms with van der Waals surface area (Å²) in [5, 5.41) is 16.7. The van der Waals surface area contributed by atoms with Crippen molar-refractivity contribution in [3.8, 4) is 0 Å². The number of H-pyrrole nitrogens is 1. The number of carboxylic acid groups (broad SMARTS) is 1. The molecule has 2 N–H and O–H groups in total. The summed E-state index contributed by atoms with van der Waals surface area (Å²) >= 11 is 0. The number of fused-ring (bicyclic) bond motifs is 1. The normalized spacial score (nSPS) is 19.3. The zero-order chi connectivity index (χ0) is 13.4. The van der Waals surface area contributed by atoms with Gasteiger partial charge in [0, 0.05) is 24.9 Å². The van der Waals surface area contributed by atoms with E-state index in [4.69, 9.17) is 5.11 Å². The zero-order valence-electron chi connectivity index (χ0n) is 10.2. The average molecular weight is 259 g/mol. The van der Waals surface area contributed by atoms with E-state index in [-0.39, 0.29) is 18.9 Å². The Morgan fingerprint density at radius 3 is 3.11 bits per heavy atom. The lowest BCUT2D eigenvalue weighted by atomic mass is 10.1. The van der Waals surface area contributed by atoms with Gasteiger partial charge in [-0.2, -0.15) is 5.10 Å². The van der Waals surface area contributed by atoms with Gasteiger partial charge in [-0.05, 0) is 17.7 Å². The molecule has 1 aromatic heterocycles. The molecule has 0 spiro atoms. The predicted molar refractivity (Wildman–Crippen MR) is 67.3 cm³/mol. The first-order chi connectivity index (χ1) is 9.13. The van der Waals surface area contributed by atoms with E-state index in [1.54, 1.807) is 11.1 Å². The van der Waals surface area contributed by atoms with Gasteiger partial charge in [-0.15, -0.1) is 0 Å². The summed E-state index contributed by atoms with van der Waals surface area (Å²) in [6.07, 6.45) is 1.83. The van der Waals surface area contributed by atoms with Gasteiger partial charge >= 0.3 is 5.97 Å². The van der Waals surface area contributed by atoms with Crippen molar-refractivity contribution >= 4 is 22.8 Å². The standard InChI is InChI=1S/C13H13N3O3/c17-12-4-10(13(18)19)7-16(12)6-8-1-2-11-9(3-8)5-14-15-11/h1-3,5,10H,4,6-7H2,(H,14,15)(H,18,19). The van der Waals surface area contributed by atoms with E-state index in [2.05, 4.69) is 10.2 Å². The van der Waals surface area contributed by atoms with Crippen LogP contribution < -0.4 is 0 Å². The van der Waals surface area contributed by atoms with Crippen LogP contribution in [0.1, 0.15) is 12.0 Å². The molecule has 0 radical (unpaired) electrons. The van der Waals surface area contributed by atoms with E-state index < -0.39 is 11.9 Å². The molecule has 1 unspecified atom stereocenters. The number of benzene rings is 1. The van der Waals surface area contributed by atoms with Crippen LogP contribution in [0.2, 0.25) is 0 Å². The first kappa shape index (κ1) is 11.7. The van der Waals surface area contributed by atoms with Gasteiger partial charge in [0.05, 0.1) is 17.6 Å². The van der Waals surface area contributed by atoms with Crippen molar-refractivity contribution in [2.75, 3.05) is 6.54 Å². The number of carbonyl (C=O) groups excluding carboxylic acids is 1. The lowest BCUT2D eigenvalue weighted by Crippen LogP contribution is -2.25. The monoisotopic (exact) mass is 259 g/mol. The molecular formula is C13H13N3O3. The average Bonchev–Trinajstić information content (AvgIpc) is 2.96. The second-order valence-corrected chi connectivity index (χ2v) is 4.81. The number of carbonyl (C=O) groups is 2. The van der Waals surface area contributed by atoms with Crippen molar-refractivity contribution in [3.63, 3.8) is 0 Å². The molecule has 1 aliphatic heterocycles. The number of nitrogens with one attached hydrogen (secondary N) is 1. The maximum atomic E-state index is 11.8. The molecule has 1 fully saturated rings. The van der Waals surface area contributed by atoms with Crippen molar-refractivity contribution in [1.82, 2.24) is 15.1 Å². The molecule has 19 heavy (non-hydrogen) atoms. The van der Waals surface area contributed by atoms with Gasteiger partial charge in [0.2, 0.25) is 5.91 Å². The molecular weight excluding hydrogens is 246 g/mol. The minimum Gasteiger partial charge on any atom is -0.481 e. The highest BCUT2D eigenvalue weighted by Crippen LogP contribution is 2.21. The zero-order valence-corrected chi connectivity index (χ0v) is 10.2.